The van der Waals surface area contributed by atoms with E-state index in [2.05, 4.69) is 29.0 Å². The maximum Gasteiger partial charge on any atom is 0.268 e. The number of nitrogens with zero attached hydrogens (tertiary/aromatic N) is 1. The van der Waals surface area contributed by atoms with Crippen molar-refractivity contribution >= 4 is 22.5 Å². The van der Waals surface area contributed by atoms with E-state index in [1.54, 1.807) is 12.1 Å². The monoisotopic (exact) mass is 347 g/mol. The van der Waals surface area contributed by atoms with Crippen LogP contribution in [0.5, 0.6) is 0 Å². The summed E-state index contributed by atoms with van der Waals surface area (Å²) in [6.07, 6.45) is 0.837. The Morgan fingerprint density at radius 1 is 1.27 bits per heavy atom. The van der Waals surface area contributed by atoms with Crippen molar-refractivity contribution in [2.24, 2.45) is 5.41 Å². The lowest BCUT2D eigenvalue weighted by atomic mass is 9.85. The number of halogens is 1. The Balaban J connectivity index is 1.67. The SMILES string of the molecule is [C-]#[N+]c1ccc2c(c1)[C@H](NC(=O)c1cc3cc(F)ccc3[nH]1)C(C)(C)C2. The minimum absolute atomic E-state index is 0.156. The van der Waals surface area contributed by atoms with Gasteiger partial charge in [-0.1, -0.05) is 32.0 Å². The Bertz CT molecular complexity index is 1070. The lowest BCUT2D eigenvalue weighted by molar-refractivity contribution is 0.0899. The summed E-state index contributed by atoms with van der Waals surface area (Å²) in [6, 6.07) is 11.5. The van der Waals surface area contributed by atoms with E-state index < -0.39 is 0 Å². The fourth-order valence-electron chi connectivity index (χ4n) is 3.80. The minimum Gasteiger partial charge on any atom is -0.351 e. The number of aromatic amines is 1. The Morgan fingerprint density at radius 3 is 2.85 bits per heavy atom. The van der Waals surface area contributed by atoms with Crippen molar-refractivity contribution in [3.8, 4) is 0 Å². The highest BCUT2D eigenvalue weighted by Crippen LogP contribution is 2.46. The minimum atomic E-state index is -0.332. The molecule has 2 aromatic carbocycles. The van der Waals surface area contributed by atoms with Crippen LogP contribution < -0.4 is 5.32 Å². The highest BCUT2D eigenvalue weighted by Gasteiger charge is 2.40. The molecule has 1 aromatic heterocycles. The first kappa shape index (κ1) is 16.3. The van der Waals surface area contributed by atoms with E-state index in [1.807, 2.05) is 18.2 Å². The van der Waals surface area contributed by atoms with Crippen LogP contribution in [0.25, 0.3) is 15.7 Å². The number of nitrogens with one attached hydrogen (secondary N) is 2. The summed E-state index contributed by atoms with van der Waals surface area (Å²) in [5.74, 6) is -0.568. The third kappa shape index (κ3) is 2.64. The van der Waals surface area contributed by atoms with Gasteiger partial charge in [-0.25, -0.2) is 9.24 Å². The molecule has 0 saturated heterocycles. The maximum absolute atomic E-state index is 13.4. The van der Waals surface area contributed by atoms with Gasteiger partial charge in [0.25, 0.3) is 5.91 Å². The van der Waals surface area contributed by atoms with Crippen LogP contribution in [0.2, 0.25) is 0 Å². The second-order valence-corrected chi connectivity index (χ2v) is 7.48. The summed E-state index contributed by atoms with van der Waals surface area (Å²) in [5, 5.41) is 3.77. The van der Waals surface area contributed by atoms with Gasteiger partial charge in [-0.3, -0.25) is 4.79 Å². The lowest BCUT2D eigenvalue weighted by Gasteiger charge is -2.28. The van der Waals surface area contributed by atoms with Gasteiger partial charge in [0.05, 0.1) is 12.6 Å². The first-order valence-electron chi connectivity index (χ1n) is 8.47. The van der Waals surface area contributed by atoms with Crippen molar-refractivity contribution in [1.82, 2.24) is 10.3 Å². The molecule has 0 unspecified atom stereocenters. The largest absolute Gasteiger partial charge is 0.351 e. The molecule has 1 aliphatic rings. The predicted octanol–water partition coefficient (Wildman–Crippen LogP) is 4.91. The predicted molar refractivity (Wildman–Crippen MR) is 98.7 cm³/mol. The molecule has 5 heteroatoms. The number of carbonyl (C=O) groups is 1. The van der Waals surface area contributed by atoms with E-state index in [4.69, 9.17) is 6.57 Å². The van der Waals surface area contributed by atoms with Gasteiger partial charge in [0.15, 0.2) is 5.69 Å². The van der Waals surface area contributed by atoms with Gasteiger partial charge in [0.2, 0.25) is 0 Å². The van der Waals surface area contributed by atoms with Gasteiger partial charge < -0.3 is 10.3 Å². The lowest BCUT2D eigenvalue weighted by Crippen LogP contribution is -2.35. The number of hydrogen-bond donors (Lipinski definition) is 2. The first-order valence-corrected chi connectivity index (χ1v) is 8.47. The third-order valence-electron chi connectivity index (χ3n) is 5.10. The molecular formula is C21H18FN3O. The first-order chi connectivity index (χ1) is 12.4. The molecule has 4 rings (SSSR count). The number of amides is 1. The van der Waals surface area contributed by atoms with Crippen LogP contribution in [0.4, 0.5) is 10.1 Å². The molecule has 1 heterocycles. The van der Waals surface area contributed by atoms with Crippen LogP contribution in [0.3, 0.4) is 0 Å². The Morgan fingerprint density at radius 2 is 2.08 bits per heavy atom. The number of aromatic nitrogens is 1. The fourth-order valence-corrected chi connectivity index (χ4v) is 3.80. The molecule has 0 radical (unpaired) electrons. The van der Waals surface area contributed by atoms with E-state index in [1.165, 1.54) is 12.1 Å². The highest BCUT2D eigenvalue weighted by molar-refractivity contribution is 5.98. The molecule has 0 saturated carbocycles. The van der Waals surface area contributed by atoms with Crippen LogP contribution in [-0.4, -0.2) is 10.9 Å². The average Bonchev–Trinajstić information content (AvgIpc) is 3.12. The van der Waals surface area contributed by atoms with Gasteiger partial charge in [-0.05, 0) is 47.2 Å². The van der Waals surface area contributed by atoms with Crippen LogP contribution in [-0.2, 0) is 6.42 Å². The zero-order chi connectivity index (χ0) is 18.5. The summed E-state index contributed by atoms with van der Waals surface area (Å²) in [5.41, 5.74) is 3.69. The van der Waals surface area contributed by atoms with E-state index in [0.717, 1.165) is 23.1 Å². The van der Waals surface area contributed by atoms with Gasteiger partial charge in [-0.2, -0.15) is 0 Å². The average molecular weight is 347 g/mol. The van der Waals surface area contributed by atoms with Gasteiger partial charge in [-0.15, -0.1) is 0 Å². The Kier molecular flexibility index (Phi) is 3.58. The van der Waals surface area contributed by atoms with Crippen molar-refractivity contribution in [3.63, 3.8) is 0 Å². The number of hydrogen-bond acceptors (Lipinski definition) is 1. The summed E-state index contributed by atoms with van der Waals surface area (Å²) < 4.78 is 13.4. The molecular weight excluding hydrogens is 329 g/mol. The fraction of sp³-hybridized carbons (Fsp3) is 0.238. The number of benzene rings is 2. The van der Waals surface area contributed by atoms with Gasteiger partial charge in [0, 0.05) is 10.9 Å². The molecule has 3 aromatic rings. The van der Waals surface area contributed by atoms with E-state index in [9.17, 15) is 9.18 Å². The molecule has 1 amide bonds. The van der Waals surface area contributed by atoms with E-state index >= 15 is 0 Å². The van der Waals surface area contributed by atoms with Crippen LogP contribution in [0.1, 0.15) is 41.5 Å². The summed E-state index contributed by atoms with van der Waals surface area (Å²) in [7, 11) is 0. The molecule has 26 heavy (non-hydrogen) atoms. The number of rotatable bonds is 2. The molecule has 1 aliphatic carbocycles. The summed E-state index contributed by atoms with van der Waals surface area (Å²) in [4.78, 5) is 19.4. The molecule has 0 fully saturated rings. The number of H-pyrrole nitrogens is 1. The van der Waals surface area contributed by atoms with Crippen LogP contribution in [0.15, 0.2) is 42.5 Å². The molecule has 0 spiro atoms. The summed E-state index contributed by atoms with van der Waals surface area (Å²) >= 11 is 0. The smallest absolute Gasteiger partial charge is 0.268 e. The van der Waals surface area contributed by atoms with Gasteiger partial charge in [0.1, 0.15) is 11.5 Å². The second kappa shape index (κ2) is 5.70. The number of carbonyl (C=O) groups excluding carboxylic acids is 1. The van der Waals surface area contributed by atoms with Gasteiger partial charge >= 0.3 is 0 Å². The van der Waals surface area contributed by atoms with Crippen LogP contribution >= 0.6 is 0 Å². The molecule has 4 nitrogen and oxygen atoms in total. The molecule has 0 bridgehead atoms. The maximum atomic E-state index is 13.4. The standard InChI is InChI=1S/C21H18FN3O/c1-21(2)11-12-4-6-15(23-3)10-16(12)19(21)25-20(26)18-9-13-8-14(22)5-7-17(13)24-18/h4-10,19,24H,11H2,1-2H3,(H,25,26)/t19-/m0/s1. The quantitative estimate of drug-likeness (QED) is 0.636. The van der Waals surface area contributed by atoms with Crippen molar-refractivity contribution in [1.29, 1.82) is 0 Å². The van der Waals surface area contributed by atoms with Crippen molar-refractivity contribution in [2.75, 3.05) is 0 Å². The molecule has 1 atom stereocenters. The zero-order valence-corrected chi connectivity index (χ0v) is 14.6. The normalized spacial score (nSPS) is 17.7. The Labute approximate surface area is 150 Å². The second-order valence-electron chi connectivity index (χ2n) is 7.48. The van der Waals surface area contributed by atoms with E-state index in [0.29, 0.717) is 16.8 Å². The molecule has 2 N–H and O–H groups in total. The summed E-state index contributed by atoms with van der Waals surface area (Å²) in [6.45, 7) is 11.4. The van der Waals surface area contributed by atoms with Crippen molar-refractivity contribution < 1.29 is 9.18 Å². The number of fused-ring (bicyclic) bond motifs is 2. The molecule has 0 aliphatic heterocycles. The molecule has 130 valence electrons. The van der Waals surface area contributed by atoms with E-state index in [-0.39, 0.29) is 23.2 Å². The Hall–Kier alpha value is -3.13. The van der Waals surface area contributed by atoms with Crippen molar-refractivity contribution in [2.45, 2.75) is 26.3 Å². The highest BCUT2D eigenvalue weighted by atomic mass is 19.1. The topological polar surface area (TPSA) is 49.2 Å². The third-order valence-corrected chi connectivity index (χ3v) is 5.10. The van der Waals surface area contributed by atoms with Crippen molar-refractivity contribution in [3.05, 3.63) is 76.5 Å². The van der Waals surface area contributed by atoms with Crippen LogP contribution in [0, 0.1) is 17.8 Å². The zero-order valence-electron chi connectivity index (χ0n) is 14.6.